The molecular formula is C114H99BN4. The van der Waals surface area contributed by atoms with E-state index in [0.717, 1.165) is 176 Å². The molecule has 0 saturated carbocycles. The molecule has 21 rings (SSSR count). The lowest BCUT2D eigenvalue weighted by Crippen LogP contribution is -2.61. The Hall–Kier alpha value is -13.0. The average molecular weight is 1540 g/mol. The van der Waals surface area contributed by atoms with Crippen LogP contribution in [-0.2, 0) is 27.1 Å². The van der Waals surface area contributed by atoms with E-state index >= 15 is 0 Å². The van der Waals surface area contributed by atoms with Gasteiger partial charge in [0.1, 0.15) is 0 Å². The Morgan fingerprint density at radius 3 is 0.924 bits per heavy atom. The van der Waals surface area contributed by atoms with Crippen LogP contribution in [0.25, 0.3) is 143 Å². The third kappa shape index (κ3) is 11.8. The van der Waals surface area contributed by atoms with Crippen molar-refractivity contribution in [3.8, 4) is 55.9 Å². The maximum Gasteiger partial charge on any atom is 0.252 e. The number of aromatic nitrogens is 2. The van der Waals surface area contributed by atoms with Crippen LogP contribution in [0, 0.1) is 0 Å². The van der Waals surface area contributed by atoms with Crippen LogP contribution in [-0.4, -0.2) is 15.8 Å². The van der Waals surface area contributed by atoms with Gasteiger partial charge in [0.15, 0.2) is 0 Å². The molecule has 0 atom stereocenters. The van der Waals surface area contributed by atoms with Gasteiger partial charge in [0.05, 0.1) is 38.9 Å². The first kappa shape index (κ1) is 69.2. The summed E-state index contributed by atoms with van der Waals surface area (Å²) in [5.41, 5.74) is 24.0. The van der Waals surface area contributed by atoms with E-state index in [1.54, 1.807) is 0 Å². The number of anilines is 6. The van der Waals surface area contributed by atoms with Gasteiger partial charge in [-0.2, -0.15) is 0 Å². The molecule has 0 N–H and O–H groups in total. The predicted octanol–water partition coefficient (Wildman–Crippen LogP) is 29.7. The number of nitrogens with zero attached hydrogens (tertiary/aromatic N) is 4. The monoisotopic (exact) mass is 1540 g/mol. The smallest absolute Gasteiger partial charge is 0.252 e. The van der Waals surface area contributed by atoms with Crippen LogP contribution in [0.4, 0.5) is 34.1 Å². The minimum atomic E-state index is -0.794. The van der Waals surface area contributed by atoms with Crippen molar-refractivity contribution in [3.63, 3.8) is 0 Å². The average Bonchev–Trinajstić information content (AvgIpc) is 1.21. The SMILES string of the molecule is [2H]c1cc2c(c([2H])c1-n1c3ccc(C(C)(C)C)cc3c3cc(C(C)(C)C)ccc31)N(c1c(-c3ccccc3)cccc1-c1cccc3ccc4ccccc4c13)c1cc(C(C)(C)C)cc3c1B2c1cc([2H])c(-n2c4ccc(C(C)(C)C)cc4c4cc(C(C)(C)C)ccc42)c([2H])c1N3c1c(-c2ccccc2)cccc1-c1cccc2ccc3ccccc3c12. The van der Waals surface area contributed by atoms with Crippen LogP contribution in [0.5, 0.6) is 0 Å². The molecule has 0 bridgehead atoms. The second-order valence-corrected chi connectivity index (χ2v) is 38.5. The second kappa shape index (κ2) is 26.8. The maximum absolute atomic E-state index is 12.1. The Kier molecular flexibility index (Phi) is 15.6. The van der Waals surface area contributed by atoms with Crippen LogP contribution < -0.4 is 26.2 Å². The van der Waals surface area contributed by atoms with Gasteiger partial charge in [-0.3, -0.25) is 0 Å². The van der Waals surface area contributed by atoms with Gasteiger partial charge >= 0.3 is 0 Å². The zero-order valence-electron chi connectivity index (χ0n) is 74.7. The predicted molar refractivity (Wildman–Crippen MR) is 514 cm³/mol. The highest BCUT2D eigenvalue weighted by molar-refractivity contribution is 7.00. The van der Waals surface area contributed by atoms with Crippen LogP contribution in [0.2, 0.25) is 0 Å². The minimum absolute atomic E-state index is 0.175. The number of hydrogen-bond donors (Lipinski definition) is 0. The first-order chi connectivity index (χ1) is 58.9. The van der Waals surface area contributed by atoms with Crippen molar-refractivity contribution >= 4 is 144 Å². The zero-order chi connectivity index (χ0) is 85.1. The fraction of sp³-hybridized carbons (Fsp3) is 0.175. The van der Waals surface area contributed by atoms with Crippen molar-refractivity contribution in [1.29, 1.82) is 0 Å². The second-order valence-electron chi connectivity index (χ2n) is 38.5. The third-order valence-corrected chi connectivity index (χ3v) is 25.8. The number of rotatable bonds is 8. The van der Waals surface area contributed by atoms with Crippen molar-refractivity contribution in [3.05, 3.63) is 355 Å². The highest BCUT2D eigenvalue weighted by atomic mass is 15.2. The molecule has 0 amide bonds. The van der Waals surface area contributed by atoms with Gasteiger partial charge in [-0.25, -0.2) is 0 Å². The van der Waals surface area contributed by atoms with Crippen molar-refractivity contribution in [2.24, 2.45) is 0 Å². The summed E-state index contributed by atoms with van der Waals surface area (Å²) in [6, 6.07) is 112. The van der Waals surface area contributed by atoms with E-state index in [1.807, 2.05) is 0 Å². The van der Waals surface area contributed by atoms with Gasteiger partial charge < -0.3 is 18.9 Å². The normalized spacial score (nSPS) is 13.8. The lowest BCUT2D eigenvalue weighted by atomic mass is 9.33. The molecule has 2 aliphatic heterocycles. The Morgan fingerprint density at radius 2 is 0.563 bits per heavy atom. The van der Waals surface area contributed by atoms with Gasteiger partial charge in [-0.15, -0.1) is 0 Å². The van der Waals surface area contributed by atoms with E-state index < -0.39 is 12.1 Å². The summed E-state index contributed by atoms with van der Waals surface area (Å²) in [4.78, 5) is 4.93. The van der Waals surface area contributed by atoms with E-state index in [1.165, 1.54) is 22.3 Å². The molecule has 19 aromatic rings. The minimum Gasteiger partial charge on any atom is -0.310 e. The molecule has 0 fully saturated rings. The van der Waals surface area contributed by atoms with E-state index in [2.05, 4.69) is 426 Å². The van der Waals surface area contributed by atoms with E-state index in [-0.39, 0.29) is 45.8 Å². The van der Waals surface area contributed by atoms with Crippen molar-refractivity contribution in [2.75, 3.05) is 9.80 Å². The molecule has 2 aliphatic rings. The number of hydrogen-bond acceptors (Lipinski definition) is 2. The summed E-state index contributed by atoms with van der Waals surface area (Å²) < 4.78 is 51.4. The van der Waals surface area contributed by atoms with Gasteiger partial charge in [-0.05, 0) is 221 Å². The molecule has 0 unspecified atom stereocenters. The Bertz CT molecular complexity index is 7120. The van der Waals surface area contributed by atoms with Crippen molar-refractivity contribution in [2.45, 2.75) is 131 Å². The maximum atomic E-state index is 12.1. The van der Waals surface area contributed by atoms with E-state index in [4.69, 9.17) is 0 Å². The molecule has 119 heavy (non-hydrogen) atoms. The Balaban J connectivity index is 0.976. The first-order valence-electron chi connectivity index (χ1n) is 44.3. The molecule has 0 saturated heterocycles. The van der Waals surface area contributed by atoms with Crippen molar-refractivity contribution in [1.82, 2.24) is 9.13 Å². The molecule has 4 nitrogen and oxygen atoms in total. The third-order valence-electron chi connectivity index (χ3n) is 25.8. The highest BCUT2D eigenvalue weighted by Crippen LogP contribution is 2.56. The number of benzene rings is 17. The molecule has 0 aliphatic carbocycles. The molecule has 0 spiro atoms. The standard InChI is InChI=1S/C114H99BN4/c1-110(2,3)76-50-58-97-91(62-76)92-63-77(111(4,5)6)51-59-98(92)116(97)81-54-56-95-101(68-81)118(108-85(70-30-18-16-19-31-70)40-28-44-89(108)87-42-26-36-74-48-46-72-34-22-24-38-83(72)105(74)87)103-66-80(114(13,14)15)67-104-107(103)115(95)96-57-55-82(117-99-60-52-78(112(7,8)9)64-93(99)94-65-79(113(10,11)12)53-61-100(94)117)69-102(96)119(104)109-86(71-32-20-17-21-33-71)41-29-45-90(109)88-43-27-37-75-49-47-73-35-23-25-39-84(73)106(75)88/h16-69H,1-15H3/i54D,55D,68D,69D. The number of para-hydroxylation sites is 2. The summed E-state index contributed by atoms with van der Waals surface area (Å²) in [5.74, 6) is 0. The zero-order valence-corrected chi connectivity index (χ0v) is 70.7. The lowest BCUT2D eigenvalue weighted by Gasteiger charge is -2.46. The van der Waals surface area contributed by atoms with Crippen LogP contribution in [0.3, 0.4) is 0 Å². The van der Waals surface area contributed by atoms with Crippen LogP contribution >= 0.6 is 0 Å². The molecular weight excluding hydrogens is 1440 g/mol. The summed E-state index contributed by atoms with van der Waals surface area (Å²) in [6.07, 6.45) is 0. The molecule has 0 radical (unpaired) electrons. The topological polar surface area (TPSA) is 16.3 Å². The quantitative estimate of drug-likeness (QED) is 0.111. The Labute approximate surface area is 706 Å². The summed E-state index contributed by atoms with van der Waals surface area (Å²) in [5, 5.41) is 13.2. The van der Waals surface area contributed by atoms with Gasteiger partial charge in [-0.1, -0.05) is 347 Å². The highest BCUT2D eigenvalue weighted by Gasteiger charge is 2.47. The largest absolute Gasteiger partial charge is 0.310 e. The molecule has 4 heterocycles. The van der Waals surface area contributed by atoms with Crippen molar-refractivity contribution < 1.29 is 5.48 Å². The molecule has 5 heteroatoms. The summed E-state index contributed by atoms with van der Waals surface area (Å²) in [7, 11) is 0. The van der Waals surface area contributed by atoms with Gasteiger partial charge in [0.25, 0.3) is 6.71 Å². The van der Waals surface area contributed by atoms with Crippen LogP contribution in [0.1, 0.15) is 137 Å². The fourth-order valence-electron chi connectivity index (χ4n) is 19.5. The fourth-order valence-corrected chi connectivity index (χ4v) is 19.5. The number of fused-ring (bicyclic) bond motifs is 16. The summed E-state index contributed by atoms with van der Waals surface area (Å²) in [6.45, 7) is 33.4. The van der Waals surface area contributed by atoms with Gasteiger partial charge in [0, 0.05) is 77.9 Å². The first-order valence-corrected chi connectivity index (χ1v) is 42.3. The molecule has 578 valence electrons. The molecule has 2 aromatic heterocycles. The molecule has 17 aromatic carbocycles. The van der Waals surface area contributed by atoms with Gasteiger partial charge in [0.2, 0.25) is 0 Å². The summed E-state index contributed by atoms with van der Waals surface area (Å²) >= 11 is 0. The van der Waals surface area contributed by atoms with E-state index in [9.17, 15) is 5.48 Å². The lowest BCUT2D eigenvalue weighted by molar-refractivity contribution is 0.590. The Morgan fingerprint density at radius 1 is 0.252 bits per heavy atom. The van der Waals surface area contributed by atoms with E-state index in [0.29, 0.717) is 22.7 Å². The van der Waals surface area contributed by atoms with Crippen LogP contribution in [0.15, 0.2) is 327 Å².